The number of anilines is 2. The number of nitrogens with zero attached hydrogens (tertiary/aromatic N) is 2. The molecule has 2 aromatic heterocycles. The first kappa shape index (κ1) is 20.9. The van der Waals surface area contributed by atoms with Gasteiger partial charge in [-0.3, -0.25) is 9.20 Å². The maximum Gasteiger partial charge on any atom is 0.323 e. The molecule has 162 valence electrons. The summed E-state index contributed by atoms with van der Waals surface area (Å²) < 4.78 is 12.4. The molecule has 0 saturated heterocycles. The number of aryl methyl sites for hydroxylation is 1. The average Bonchev–Trinajstić information content (AvgIpc) is 2.79. The van der Waals surface area contributed by atoms with E-state index < -0.39 is 0 Å². The van der Waals surface area contributed by atoms with Crippen molar-refractivity contribution in [3.63, 3.8) is 0 Å². The van der Waals surface area contributed by atoms with E-state index in [4.69, 9.17) is 9.47 Å². The van der Waals surface area contributed by atoms with Gasteiger partial charge in [0.1, 0.15) is 23.8 Å². The van der Waals surface area contributed by atoms with Crippen molar-refractivity contribution in [3.05, 3.63) is 94.5 Å². The minimum Gasteiger partial charge on any atom is -0.497 e. The first-order chi connectivity index (χ1) is 15.5. The van der Waals surface area contributed by atoms with Crippen LogP contribution in [0, 0.1) is 6.92 Å². The summed E-state index contributed by atoms with van der Waals surface area (Å²) in [5.74, 6) is 1.25. The minimum atomic E-state index is -0.372. The van der Waals surface area contributed by atoms with Gasteiger partial charge >= 0.3 is 6.03 Å². The maximum absolute atomic E-state index is 12.3. The van der Waals surface area contributed by atoms with E-state index in [1.807, 2.05) is 13.0 Å². The van der Waals surface area contributed by atoms with Crippen molar-refractivity contribution in [1.29, 1.82) is 0 Å². The van der Waals surface area contributed by atoms with Crippen LogP contribution in [0.2, 0.25) is 0 Å². The largest absolute Gasteiger partial charge is 0.497 e. The van der Waals surface area contributed by atoms with Crippen molar-refractivity contribution in [3.8, 4) is 11.5 Å². The molecule has 8 heteroatoms. The Morgan fingerprint density at radius 3 is 2.53 bits per heavy atom. The highest BCUT2D eigenvalue weighted by molar-refractivity contribution is 5.99. The highest BCUT2D eigenvalue weighted by Gasteiger charge is 2.06. The zero-order chi connectivity index (χ0) is 22.5. The summed E-state index contributed by atoms with van der Waals surface area (Å²) in [6, 6.07) is 18.8. The van der Waals surface area contributed by atoms with Crippen LogP contribution in [0.25, 0.3) is 5.65 Å². The van der Waals surface area contributed by atoms with Crippen molar-refractivity contribution in [2.24, 2.45) is 0 Å². The van der Waals surface area contributed by atoms with Crippen molar-refractivity contribution < 1.29 is 14.3 Å². The summed E-state index contributed by atoms with van der Waals surface area (Å²) in [5, 5.41) is 5.51. The minimum absolute atomic E-state index is 0.154. The van der Waals surface area contributed by atoms with Crippen molar-refractivity contribution in [2.45, 2.75) is 13.5 Å². The summed E-state index contributed by atoms with van der Waals surface area (Å²) in [5.41, 5.74) is 3.17. The van der Waals surface area contributed by atoms with Gasteiger partial charge in [-0.25, -0.2) is 9.78 Å². The number of urea groups is 1. The lowest BCUT2D eigenvalue weighted by Crippen LogP contribution is -2.19. The smallest absolute Gasteiger partial charge is 0.323 e. The van der Waals surface area contributed by atoms with E-state index in [0.717, 1.165) is 5.56 Å². The zero-order valence-corrected chi connectivity index (χ0v) is 17.7. The number of hydrogen-bond acceptors (Lipinski definition) is 5. The first-order valence-corrected chi connectivity index (χ1v) is 9.94. The van der Waals surface area contributed by atoms with Crippen LogP contribution in [-0.2, 0) is 6.61 Å². The van der Waals surface area contributed by atoms with Crippen LogP contribution in [0.3, 0.4) is 0 Å². The summed E-state index contributed by atoms with van der Waals surface area (Å²) in [4.78, 5) is 29.0. The molecule has 4 aromatic rings. The molecule has 8 nitrogen and oxygen atoms in total. The second-order valence-corrected chi connectivity index (χ2v) is 7.14. The van der Waals surface area contributed by atoms with Gasteiger partial charge in [-0.15, -0.1) is 0 Å². The molecule has 0 saturated carbocycles. The molecule has 2 N–H and O–H groups in total. The Morgan fingerprint density at radius 1 is 0.969 bits per heavy atom. The molecule has 0 aliphatic carbocycles. The third kappa shape index (κ3) is 5.04. The molecule has 0 aliphatic heterocycles. The van der Waals surface area contributed by atoms with Gasteiger partial charge in [0.2, 0.25) is 0 Å². The van der Waals surface area contributed by atoms with Crippen LogP contribution in [0.5, 0.6) is 11.5 Å². The van der Waals surface area contributed by atoms with Crippen LogP contribution in [-0.4, -0.2) is 22.5 Å². The SMILES string of the molecule is COc1cccc(NC(=O)Nc2ccc(OCc3cc(=O)n4cc(C)ccc4n3)cc2)c1. The molecular weight excluding hydrogens is 408 g/mol. The van der Waals surface area contributed by atoms with Gasteiger partial charge in [-0.1, -0.05) is 12.1 Å². The normalized spacial score (nSPS) is 10.6. The Labute approximate surface area is 184 Å². The Bertz CT molecular complexity index is 1320. The number of fused-ring (bicyclic) bond motifs is 1. The number of amides is 2. The number of benzene rings is 2. The van der Waals surface area contributed by atoms with E-state index in [2.05, 4.69) is 15.6 Å². The Hall–Kier alpha value is -4.33. The summed E-state index contributed by atoms with van der Waals surface area (Å²) >= 11 is 0. The van der Waals surface area contributed by atoms with Crippen LogP contribution < -0.4 is 25.7 Å². The molecule has 32 heavy (non-hydrogen) atoms. The molecule has 4 rings (SSSR count). The predicted octanol–water partition coefficient (Wildman–Crippen LogP) is 4.23. The number of carbonyl (C=O) groups excluding carboxylic acids is 1. The van der Waals surface area contributed by atoms with Crippen molar-refractivity contribution >= 4 is 23.1 Å². The fourth-order valence-electron chi connectivity index (χ4n) is 3.12. The molecule has 0 fully saturated rings. The summed E-state index contributed by atoms with van der Waals surface area (Å²) in [7, 11) is 1.57. The molecule has 0 atom stereocenters. The highest BCUT2D eigenvalue weighted by Crippen LogP contribution is 2.19. The van der Waals surface area contributed by atoms with Gasteiger partial charge < -0.3 is 20.1 Å². The lowest BCUT2D eigenvalue weighted by Gasteiger charge is -2.10. The van der Waals surface area contributed by atoms with Gasteiger partial charge in [0.25, 0.3) is 5.56 Å². The molecule has 0 unspecified atom stereocenters. The molecule has 0 aliphatic rings. The van der Waals surface area contributed by atoms with Gasteiger partial charge in [-0.2, -0.15) is 0 Å². The number of rotatable bonds is 6. The van der Waals surface area contributed by atoms with Gasteiger partial charge in [-0.05, 0) is 55.0 Å². The van der Waals surface area contributed by atoms with Gasteiger partial charge in [0.05, 0.1) is 12.8 Å². The number of hydrogen-bond donors (Lipinski definition) is 2. The fraction of sp³-hybridized carbons (Fsp3) is 0.125. The second-order valence-electron chi connectivity index (χ2n) is 7.14. The fourth-order valence-corrected chi connectivity index (χ4v) is 3.12. The molecule has 2 aromatic carbocycles. The predicted molar refractivity (Wildman–Crippen MR) is 123 cm³/mol. The monoisotopic (exact) mass is 430 g/mol. The molecule has 0 spiro atoms. The van der Waals surface area contributed by atoms with Crippen molar-refractivity contribution in [1.82, 2.24) is 9.38 Å². The third-order valence-electron chi connectivity index (χ3n) is 4.69. The van der Waals surface area contributed by atoms with Crippen LogP contribution >= 0.6 is 0 Å². The number of pyridine rings is 1. The Kier molecular flexibility index (Phi) is 6.03. The first-order valence-electron chi connectivity index (χ1n) is 9.94. The van der Waals surface area contributed by atoms with E-state index in [-0.39, 0.29) is 18.2 Å². The number of aromatic nitrogens is 2. The average molecular weight is 430 g/mol. The van der Waals surface area contributed by atoms with Gasteiger partial charge in [0, 0.05) is 29.7 Å². The van der Waals surface area contributed by atoms with Gasteiger partial charge in [0.15, 0.2) is 0 Å². The maximum atomic E-state index is 12.3. The number of ether oxygens (including phenoxy) is 2. The van der Waals surface area contributed by atoms with Crippen LogP contribution in [0.4, 0.5) is 16.2 Å². The lowest BCUT2D eigenvalue weighted by atomic mass is 10.3. The lowest BCUT2D eigenvalue weighted by molar-refractivity contribution is 0.262. The second kappa shape index (κ2) is 9.22. The highest BCUT2D eigenvalue weighted by atomic mass is 16.5. The topological polar surface area (TPSA) is 94.0 Å². The van der Waals surface area contributed by atoms with E-state index >= 15 is 0 Å². The number of methoxy groups -OCH3 is 1. The molecule has 2 amide bonds. The van der Waals surface area contributed by atoms with E-state index in [0.29, 0.717) is 34.2 Å². The molecular formula is C24H22N4O4. The Balaban J connectivity index is 1.35. The quantitative estimate of drug-likeness (QED) is 0.477. The molecule has 0 radical (unpaired) electrons. The van der Waals surface area contributed by atoms with Crippen LogP contribution in [0.15, 0.2) is 77.7 Å². The standard InChI is InChI=1S/C24H22N4O4/c1-16-6-11-22-25-19(13-23(29)28(22)14-16)15-32-20-9-7-17(8-10-20)26-24(30)27-18-4-3-5-21(12-18)31-2/h3-14H,15H2,1-2H3,(H2,26,27,30). The number of carbonyl (C=O) groups is 1. The summed E-state index contributed by atoms with van der Waals surface area (Å²) in [6.07, 6.45) is 1.76. The number of nitrogens with one attached hydrogen (secondary N) is 2. The third-order valence-corrected chi connectivity index (χ3v) is 4.69. The summed E-state index contributed by atoms with van der Waals surface area (Å²) in [6.45, 7) is 2.08. The molecule has 0 bridgehead atoms. The van der Waals surface area contributed by atoms with E-state index in [1.54, 1.807) is 67.9 Å². The van der Waals surface area contributed by atoms with E-state index in [9.17, 15) is 9.59 Å². The van der Waals surface area contributed by atoms with E-state index in [1.165, 1.54) is 10.5 Å². The Morgan fingerprint density at radius 2 is 1.75 bits per heavy atom. The molecule has 2 heterocycles. The zero-order valence-electron chi connectivity index (χ0n) is 17.7. The van der Waals surface area contributed by atoms with Crippen molar-refractivity contribution in [2.75, 3.05) is 17.7 Å². The van der Waals surface area contributed by atoms with Crippen LogP contribution in [0.1, 0.15) is 11.3 Å².